The van der Waals surface area contributed by atoms with Gasteiger partial charge in [-0.3, -0.25) is 0 Å². The van der Waals surface area contributed by atoms with E-state index < -0.39 is 5.97 Å². The van der Waals surface area contributed by atoms with Crippen LogP contribution in [-0.2, 0) is 4.74 Å². The summed E-state index contributed by atoms with van der Waals surface area (Å²) in [5.74, 6) is -0.0198. The van der Waals surface area contributed by atoms with Crippen LogP contribution in [0.4, 0.5) is 4.39 Å². The number of carbonyl (C=O) groups excluding carboxylic acids is 1. The first kappa shape index (κ1) is 18.4. The summed E-state index contributed by atoms with van der Waals surface area (Å²) in [6, 6.07) is 14.8. The molecular weight excluding hydrogens is 349 g/mol. The second-order valence-electron chi connectivity index (χ2n) is 5.68. The van der Waals surface area contributed by atoms with Gasteiger partial charge in [0.1, 0.15) is 5.82 Å². The lowest BCUT2D eigenvalue weighted by molar-refractivity contribution is 0.0601. The van der Waals surface area contributed by atoms with Crippen molar-refractivity contribution in [2.24, 2.45) is 0 Å². The first-order valence-corrected chi connectivity index (χ1v) is 8.15. The molecular formula is C21H18FNO4. The van der Waals surface area contributed by atoms with Crippen molar-refractivity contribution in [1.29, 1.82) is 0 Å². The quantitative estimate of drug-likeness (QED) is 0.627. The van der Waals surface area contributed by atoms with E-state index in [1.807, 2.05) is 6.07 Å². The number of hydrogen-bond acceptors (Lipinski definition) is 5. The molecule has 0 N–H and O–H groups in total. The molecule has 3 aromatic rings. The molecule has 0 saturated carbocycles. The highest BCUT2D eigenvalue weighted by atomic mass is 19.1. The molecule has 0 spiro atoms. The Bertz CT molecular complexity index is 970. The number of ether oxygens (including phenoxy) is 3. The number of esters is 1. The molecule has 0 bridgehead atoms. The summed E-state index contributed by atoms with van der Waals surface area (Å²) >= 11 is 0. The third-order valence-corrected chi connectivity index (χ3v) is 4.08. The van der Waals surface area contributed by atoms with Crippen LogP contribution >= 0.6 is 0 Å². The molecule has 27 heavy (non-hydrogen) atoms. The van der Waals surface area contributed by atoms with E-state index in [2.05, 4.69) is 4.98 Å². The van der Waals surface area contributed by atoms with Gasteiger partial charge in [-0.15, -0.1) is 0 Å². The van der Waals surface area contributed by atoms with Gasteiger partial charge in [0.25, 0.3) is 5.88 Å². The standard InChI is InChI=1S/C21H18FNO4/c1-25-18-12-17(14-5-4-6-15(11-14)21(24)27-3)19(23-20(18)26-2)13-7-9-16(22)10-8-13/h4-12H,1-3H3. The average molecular weight is 367 g/mol. The Labute approximate surface area is 156 Å². The maximum Gasteiger partial charge on any atom is 0.337 e. The van der Waals surface area contributed by atoms with Crippen LogP contribution in [0.25, 0.3) is 22.4 Å². The van der Waals surface area contributed by atoms with Crippen LogP contribution in [0.2, 0.25) is 0 Å². The maximum atomic E-state index is 13.4. The fourth-order valence-electron chi connectivity index (χ4n) is 2.75. The van der Waals surface area contributed by atoms with Gasteiger partial charge in [0.2, 0.25) is 0 Å². The lowest BCUT2D eigenvalue weighted by Crippen LogP contribution is -2.02. The van der Waals surface area contributed by atoms with Crippen LogP contribution in [0, 0.1) is 5.82 Å². The Balaban J connectivity index is 2.24. The highest BCUT2D eigenvalue weighted by Crippen LogP contribution is 2.38. The van der Waals surface area contributed by atoms with E-state index in [0.29, 0.717) is 34.0 Å². The number of rotatable bonds is 5. The molecule has 5 nitrogen and oxygen atoms in total. The number of benzene rings is 2. The summed E-state index contributed by atoms with van der Waals surface area (Å²) < 4.78 is 28.8. The second kappa shape index (κ2) is 7.86. The Hall–Kier alpha value is -3.41. The third kappa shape index (κ3) is 3.74. The topological polar surface area (TPSA) is 57.7 Å². The number of methoxy groups -OCH3 is 3. The summed E-state index contributed by atoms with van der Waals surface area (Å²) in [5, 5.41) is 0. The zero-order chi connectivity index (χ0) is 19.4. The summed E-state index contributed by atoms with van der Waals surface area (Å²) in [5.41, 5.74) is 3.15. The monoisotopic (exact) mass is 367 g/mol. The molecule has 0 amide bonds. The average Bonchev–Trinajstić information content (AvgIpc) is 2.72. The summed E-state index contributed by atoms with van der Waals surface area (Å²) in [6.45, 7) is 0. The molecule has 2 aromatic carbocycles. The van der Waals surface area contributed by atoms with E-state index in [0.717, 1.165) is 5.56 Å². The lowest BCUT2D eigenvalue weighted by atomic mass is 9.97. The number of nitrogens with zero attached hydrogens (tertiary/aromatic N) is 1. The van der Waals surface area contributed by atoms with Gasteiger partial charge >= 0.3 is 5.97 Å². The van der Waals surface area contributed by atoms with Crippen LogP contribution in [0.15, 0.2) is 54.6 Å². The summed E-state index contributed by atoms with van der Waals surface area (Å²) in [4.78, 5) is 16.4. The zero-order valence-corrected chi connectivity index (χ0v) is 15.2. The molecule has 0 saturated heterocycles. The van der Waals surface area contributed by atoms with Gasteiger partial charge in [0.05, 0.1) is 32.6 Å². The first-order chi connectivity index (χ1) is 13.1. The Morgan fingerprint density at radius 1 is 0.926 bits per heavy atom. The van der Waals surface area contributed by atoms with Crippen molar-refractivity contribution < 1.29 is 23.4 Å². The molecule has 1 heterocycles. The van der Waals surface area contributed by atoms with Crippen molar-refractivity contribution in [3.05, 3.63) is 66.0 Å². The van der Waals surface area contributed by atoms with Gasteiger partial charge in [0, 0.05) is 11.1 Å². The van der Waals surface area contributed by atoms with Crippen molar-refractivity contribution in [3.63, 3.8) is 0 Å². The molecule has 3 rings (SSSR count). The van der Waals surface area contributed by atoms with Crippen LogP contribution in [0.5, 0.6) is 11.6 Å². The van der Waals surface area contributed by atoms with Crippen molar-refractivity contribution in [2.75, 3.05) is 21.3 Å². The number of halogens is 1. The Morgan fingerprint density at radius 3 is 2.30 bits per heavy atom. The maximum absolute atomic E-state index is 13.4. The minimum atomic E-state index is -0.436. The van der Waals surface area contributed by atoms with Crippen LogP contribution in [-0.4, -0.2) is 32.3 Å². The minimum Gasteiger partial charge on any atom is -0.491 e. The van der Waals surface area contributed by atoms with E-state index in [1.54, 1.807) is 36.4 Å². The predicted molar refractivity (Wildman–Crippen MR) is 99.5 cm³/mol. The van der Waals surface area contributed by atoms with Gasteiger partial charge in [0.15, 0.2) is 5.75 Å². The number of aromatic nitrogens is 1. The Morgan fingerprint density at radius 2 is 1.67 bits per heavy atom. The van der Waals surface area contributed by atoms with Gasteiger partial charge in [-0.2, -0.15) is 0 Å². The fraction of sp³-hybridized carbons (Fsp3) is 0.143. The zero-order valence-electron chi connectivity index (χ0n) is 15.2. The molecule has 0 atom stereocenters. The SMILES string of the molecule is COC(=O)c1cccc(-c2cc(OC)c(OC)nc2-c2ccc(F)cc2)c1. The highest BCUT2D eigenvalue weighted by molar-refractivity contribution is 5.92. The van der Waals surface area contributed by atoms with Crippen LogP contribution < -0.4 is 9.47 Å². The van der Waals surface area contributed by atoms with Gasteiger partial charge in [-0.1, -0.05) is 12.1 Å². The van der Waals surface area contributed by atoms with Gasteiger partial charge < -0.3 is 14.2 Å². The van der Waals surface area contributed by atoms with E-state index in [9.17, 15) is 9.18 Å². The molecule has 0 aliphatic carbocycles. The van der Waals surface area contributed by atoms with E-state index >= 15 is 0 Å². The fourth-order valence-corrected chi connectivity index (χ4v) is 2.75. The van der Waals surface area contributed by atoms with Crippen molar-refractivity contribution in [3.8, 4) is 34.0 Å². The van der Waals surface area contributed by atoms with Crippen molar-refractivity contribution in [2.45, 2.75) is 0 Å². The second-order valence-corrected chi connectivity index (χ2v) is 5.68. The normalized spacial score (nSPS) is 10.4. The van der Waals surface area contributed by atoms with Crippen LogP contribution in [0.3, 0.4) is 0 Å². The first-order valence-electron chi connectivity index (χ1n) is 8.15. The largest absolute Gasteiger partial charge is 0.491 e. The molecule has 1 aromatic heterocycles. The molecule has 6 heteroatoms. The van der Waals surface area contributed by atoms with Crippen molar-refractivity contribution in [1.82, 2.24) is 4.98 Å². The molecule has 0 radical (unpaired) electrons. The molecule has 0 fully saturated rings. The Kier molecular flexibility index (Phi) is 5.35. The minimum absolute atomic E-state index is 0.310. The molecule has 0 aliphatic heterocycles. The van der Waals surface area contributed by atoms with E-state index in [4.69, 9.17) is 14.2 Å². The van der Waals surface area contributed by atoms with Gasteiger partial charge in [-0.05, 0) is 48.0 Å². The third-order valence-electron chi connectivity index (χ3n) is 4.08. The van der Waals surface area contributed by atoms with Crippen LogP contribution in [0.1, 0.15) is 10.4 Å². The highest BCUT2D eigenvalue weighted by Gasteiger charge is 2.17. The number of hydrogen-bond donors (Lipinski definition) is 0. The number of carbonyl (C=O) groups is 1. The predicted octanol–water partition coefficient (Wildman–Crippen LogP) is 4.36. The lowest BCUT2D eigenvalue weighted by Gasteiger charge is -2.15. The molecule has 0 aliphatic rings. The molecule has 138 valence electrons. The smallest absolute Gasteiger partial charge is 0.337 e. The van der Waals surface area contributed by atoms with Gasteiger partial charge in [-0.25, -0.2) is 14.2 Å². The van der Waals surface area contributed by atoms with E-state index in [-0.39, 0.29) is 5.82 Å². The van der Waals surface area contributed by atoms with Crippen molar-refractivity contribution >= 4 is 5.97 Å². The summed E-state index contributed by atoms with van der Waals surface area (Å²) in [6.07, 6.45) is 0. The number of pyridine rings is 1. The summed E-state index contributed by atoms with van der Waals surface area (Å²) in [7, 11) is 4.35. The molecule has 0 unspecified atom stereocenters. The van der Waals surface area contributed by atoms with E-state index in [1.165, 1.54) is 33.5 Å².